The highest BCUT2D eigenvalue weighted by Crippen LogP contribution is 2.46. The molecule has 0 aromatic rings. The Morgan fingerprint density at radius 2 is 1.26 bits per heavy atom. The lowest BCUT2D eigenvalue weighted by molar-refractivity contribution is -0.150. The van der Waals surface area contributed by atoms with E-state index in [1.807, 2.05) is 12.1 Å². The maximum atomic E-state index is 11.5. The minimum Gasteiger partial charge on any atom is -0.464 e. The zero-order valence-corrected chi connectivity index (χ0v) is 10.5. The van der Waals surface area contributed by atoms with Crippen molar-refractivity contribution in [2.45, 2.75) is 32.1 Å². The Bertz CT molecular complexity index is 434. The SMILES string of the molecule is N#CC1(C(=O)OCCCOC(=O)C2(C#N)CC2)CC1. The van der Waals surface area contributed by atoms with Crippen LogP contribution in [-0.2, 0) is 19.1 Å². The van der Waals surface area contributed by atoms with Crippen molar-refractivity contribution in [3.63, 3.8) is 0 Å². The minimum absolute atomic E-state index is 0.120. The first-order chi connectivity index (χ1) is 9.08. The molecule has 0 amide bonds. The Morgan fingerprint density at radius 3 is 1.53 bits per heavy atom. The molecule has 0 saturated heterocycles. The normalized spacial score (nSPS) is 20.5. The summed E-state index contributed by atoms with van der Waals surface area (Å²) in [7, 11) is 0. The van der Waals surface area contributed by atoms with Gasteiger partial charge in [-0.05, 0) is 25.7 Å². The molecule has 0 unspecified atom stereocenters. The molecule has 100 valence electrons. The van der Waals surface area contributed by atoms with Gasteiger partial charge in [-0.2, -0.15) is 10.5 Å². The van der Waals surface area contributed by atoms with Gasteiger partial charge in [0.25, 0.3) is 0 Å². The van der Waals surface area contributed by atoms with E-state index in [1.54, 1.807) is 0 Å². The molecule has 2 fully saturated rings. The molecule has 2 aliphatic rings. The third-order valence-corrected chi connectivity index (χ3v) is 3.46. The van der Waals surface area contributed by atoms with Gasteiger partial charge in [-0.15, -0.1) is 0 Å². The molecule has 0 radical (unpaired) electrons. The van der Waals surface area contributed by atoms with Gasteiger partial charge in [-0.1, -0.05) is 0 Å². The molecule has 6 heteroatoms. The van der Waals surface area contributed by atoms with Gasteiger partial charge < -0.3 is 9.47 Å². The van der Waals surface area contributed by atoms with Crippen LogP contribution in [0.25, 0.3) is 0 Å². The van der Waals surface area contributed by atoms with Crippen LogP contribution in [0.1, 0.15) is 32.1 Å². The Kier molecular flexibility index (Phi) is 3.44. The molecular weight excluding hydrogens is 248 g/mol. The zero-order valence-electron chi connectivity index (χ0n) is 10.5. The van der Waals surface area contributed by atoms with E-state index in [1.165, 1.54) is 0 Å². The van der Waals surface area contributed by atoms with Crippen LogP contribution in [0.4, 0.5) is 0 Å². The molecule has 0 bridgehead atoms. The average molecular weight is 262 g/mol. The van der Waals surface area contributed by atoms with E-state index in [0.717, 1.165) is 0 Å². The van der Waals surface area contributed by atoms with Crippen LogP contribution in [0.2, 0.25) is 0 Å². The third kappa shape index (κ3) is 2.68. The second-order valence-electron chi connectivity index (χ2n) is 5.01. The maximum Gasteiger partial charge on any atom is 0.326 e. The van der Waals surface area contributed by atoms with Crippen LogP contribution < -0.4 is 0 Å². The highest BCUT2D eigenvalue weighted by molar-refractivity contribution is 5.83. The molecule has 0 N–H and O–H groups in total. The van der Waals surface area contributed by atoms with E-state index in [9.17, 15) is 9.59 Å². The van der Waals surface area contributed by atoms with Crippen molar-refractivity contribution >= 4 is 11.9 Å². The standard InChI is InChI=1S/C13H14N2O4/c14-8-12(2-3-12)10(16)18-6-1-7-19-11(17)13(9-15)4-5-13/h1-7H2. The molecular formula is C13H14N2O4. The number of ether oxygens (including phenoxy) is 2. The molecule has 6 nitrogen and oxygen atoms in total. The Hall–Kier alpha value is -2.08. The van der Waals surface area contributed by atoms with Crippen LogP contribution in [0, 0.1) is 33.5 Å². The predicted octanol–water partition coefficient (Wildman–Crippen LogP) is 1.07. The summed E-state index contributed by atoms with van der Waals surface area (Å²) >= 11 is 0. The Balaban J connectivity index is 1.58. The summed E-state index contributed by atoms with van der Waals surface area (Å²) < 4.78 is 9.90. The van der Waals surface area contributed by atoms with Gasteiger partial charge in [-0.25, -0.2) is 0 Å². The first kappa shape index (κ1) is 13.4. The summed E-state index contributed by atoms with van der Waals surface area (Å²) in [6.07, 6.45) is 2.61. The third-order valence-electron chi connectivity index (χ3n) is 3.46. The lowest BCUT2D eigenvalue weighted by atomic mass is 10.1. The number of hydrogen-bond acceptors (Lipinski definition) is 6. The van der Waals surface area contributed by atoms with Crippen molar-refractivity contribution in [1.29, 1.82) is 10.5 Å². The second-order valence-corrected chi connectivity index (χ2v) is 5.01. The van der Waals surface area contributed by atoms with E-state index >= 15 is 0 Å². The Labute approximate surface area is 110 Å². The smallest absolute Gasteiger partial charge is 0.326 e. The van der Waals surface area contributed by atoms with Crippen LogP contribution in [0.3, 0.4) is 0 Å². The molecule has 0 aromatic carbocycles. The van der Waals surface area contributed by atoms with Gasteiger partial charge in [-0.3, -0.25) is 9.59 Å². The number of hydrogen-bond donors (Lipinski definition) is 0. The van der Waals surface area contributed by atoms with E-state index < -0.39 is 22.8 Å². The van der Waals surface area contributed by atoms with Crippen LogP contribution in [0.15, 0.2) is 0 Å². The molecule has 0 aliphatic heterocycles. The Morgan fingerprint density at radius 1 is 0.895 bits per heavy atom. The number of nitriles is 2. The summed E-state index contributed by atoms with van der Waals surface area (Å²) in [5.41, 5.74) is -1.84. The minimum atomic E-state index is -0.921. The maximum absolute atomic E-state index is 11.5. The van der Waals surface area contributed by atoms with Crippen molar-refractivity contribution in [2.75, 3.05) is 13.2 Å². The summed E-state index contributed by atoms with van der Waals surface area (Å²) in [4.78, 5) is 23.0. The van der Waals surface area contributed by atoms with E-state index in [-0.39, 0.29) is 13.2 Å². The number of carbonyl (C=O) groups excluding carboxylic acids is 2. The quantitative estimate of drug-likeness (QED) is 0.524. The number of esters is 2. The summed E-state index contributed by atoms with van der Waals surface area (Å²) in [6, 6.07) is 3.90. The van der Waals surface area contributed by atoms with Crippen molar-refractivity contribution in [3.05, 3.63) is 0 Å². The monoisotopic (exact) mass is 262 g/mol. The van der Waals surface area contributed by atoms with Crippen LogP contribution in [-0.4, -0.2) is 25.2 Å². The lowest BCUT2D eigenvalue weighted by Crippen LogP contribution is -2.20. The average Bonchev–Trinajstić information content (AvgIpc) is 3.30. The molecule has 2 saturated carbocycles. The van der Waals surface area contributed by atoms with E-state index in [0.29, 0.717) is 32.1 Å². The molecule has 0 heterocycles. The van der Waals surface area contributed by atoms with Gasteiger partial charge in [0, 0.05) is 6.42 Å². The first-order valence-electron chi connectivity index (χ1n) is 6.26. The van der Waals surface area contributed by atoms with Crippen LogP contribution >= 0.6 is 0 Å². The lowest BCUT2D eigenvalue weighted by Gasteiger charge is -2.09. The second kappa shape index (κ2) is 4.89. The molecule has 2 rings (SSSR count). The number of carbonyl (C=O) groups is 2. The van der Waals surface area contributed by atoms with Crippen molar-refractivity contribution in [2.24, 2.45) is 10.8 Å². The van der Waals surface area contributed by atoms with Gasteiger partial charge in [0.05, 0.1) is 25.4 Å². The topological polar surface area (TPSA) is 100 Å². The van der Waals surface area contributed by atoms with Gasteiger partial charge in [0.1, 0.15) is 0 Å². The fraction of sp³-hybridized carbons (Fsp3) is 0.692. The van der Waals surface area contributed by atoms with Crippen molar-refractivity contribution < 1.29 is 19.1 Å². The summed E-state index contributed by atoms with van der Waals surface area (Å²) in [6.45, 7) is 0.240. The number of rotatable bonds is 6. The molecule has 0 atom stereocenters. The van der Waals surface area contributed by atoms with Crippen molar-refractivity contribution in [1.82, 2.24) is 0 Å². The zero-order chi connectivity index (χ0) is 13.9. The fourth-order valence-electron chi connectivity index (χ4n) is 1.64. The predicted molar refractivity (Wildman–Crippen MR) is 61.1 cm³/mol. The number of nitrogens with zero attached hydrogens (tertiary/aromatic N) is 2. The van der Waals surface area contributed by atoms with E-state index in [2.05, 4.69) is 0 Å². The van der Waals surface area contributed by atoms with E-state index in [4.69, 9.17) is 20.0 Å². The fourth-order valence-corrected chi connectivity index (χ4v) is 1.64. The van der Waals surface area contributed by atoms with Crippen molar-refractivity contribution in [3.8, 4) is 12.1 Å². The van der Waals surface area contributed by atoms with Gasteiger partial charge in [0.15, 0.2) is 10.8 Å². The van der Waals surface area contributed by atoms with Gasteiger partial charge in [0.2, 0.25) is 0 Å². The summed E-state index contributed by atoms with van der Waals surface area (Å²) in [5, 5.41) is 17.6. The molecule has 0 spiro atoms. The molecule has 2 aliphatic carbocycles. The largest absolute Gasteiger partial charge is 0.464 e. The van der Waals surface area contributed by atoms with Crippen LogP contribution in [0.5, 0.6) is 0 Å². The summed E-state index contributed by atoms with van der Waals surface area (Å²) in [5.74, 6) is -0.978. The highest BCUT2D eigenvalue weighted by Gasteiger charge is 2.53. The van der Waals surface area contributed by atoms with Gasteiger partial charge >= 0.3 is 11.9 Å². The molecule has 19 heavy (non-hydrogen) atoms. The highest BCUT2D eigenvalue weighted by atomic mass is 16.5. The first-order valence-corrected chi connectivity index (χ1v) is 6.26. The molecule has 0 aromatic heterocycles.